The molecule has 1 N–H and O–H groups in total. The molecule has 1 aliphatic carbocycles. The first-order valence-electron chi connectivity index (χ1n) is 4.73. The summed E-state index contributed by atoms with van der Waals surface area (Å²) in [5.74, 6) is -0.520. The van der Waals surface area contributed by atoms with E-state index in [1.165, 1.54) is 6.08 Å². The summed E-state index contributed by atoms with van der Waals surface area (Å²) in [6.07, 6.45) is 4.84. The van der Waals surface area contributed by atoms with Crippen LogP contribution in [0.5, 0.6) is 0 Å². The van der Waals surface area contributed by atoms with Crippen LogP contribution in [0.25, 0.3) is 6.08 Å². The summed E-state index contributed by atoms with van der Waals surface area (Å²) >= 11 is 6.03. The first-order valence-corrected chi connectivity index (χ1v) is 5.10. The van der Waals surface area contributed by atoms with E-state index in [0.717, 1.165) is 30.2 Å². The van der Waals surface area contributed by atoms with Gasteiger partial charge in [-0.05, 0) is 18.9 Å². The van der Waals surface area contributed by atoms with Gasteiger partial charge in [-0.3, -0.25) is 4.68 Å². The zero-order valence-electron chi connectivity index (χ0n) is 8.27. The maximum absolute atomic E-state index is 10.4. The van der Waals surface area contributed by atoms with Gasteiger partial charge < -0.3 is 5.11 Å². The van der Waals surface area contributed by atoms with Crippen LogP contribution in [0.3, 0.4) is 0 Å². The minimum Gasteiger partial charge on any atom is -0.478 e. The Labute approximate surface area is 92.2 Å². The third-order valence-electron chi connectivity index (χ3n) is 2.40. The van der Waals surface area contributed by atoms with E-state index in [1.807, 2.05) is 0 Å². The molecule has 1 aliphatic rings. The van der Waals surface area contributed by atoms with Crippen LogP contribution in [0, 0.1) is 0 Å². The predicted octanol–water partition coefficient (Wildman–Crippen LogP) is 2.05. The smallest absolute Gasteiger partial charge is 0.328 e. The number of aryl methyl sites for hydroxylation is 1. The molecular weight excluding hydrogens is 216 g/mol. The molecule has 15 heavy (non-hydrogen) atoms. The van der Waals surface area contributed by atoms with E-state index >= 15 is 0 Å². The lowest BCUT2D eigenvalue weighted by Gasteiger charge is -1.93. The summed E-state index contributed by atoms with van der Waals surface area (Å²) in [5, 5.41) is 13.3. The molecule has 0 aromatic carbocycles. The minimum atomic E-state index is -0.975. The summed E-state index contributed by atoms with van der Waals surface area (Å²) < 4.78 is 1.58. The number of rotatable bonds is 3. The SMILES string of the molecule is Cn1nc(C2CC2)c(/C=C/C(=O)O)c1Cl. The third kappa shape index (κ3) is 2.04. The zero-order chi connectivity index (χ0) is 11.0. The summed E-state index contributed by atoms with van der Waals surface area (Å²) in [6, 6.07) is 0. The maximum Gasteiger partial charge on any atom is 0.328 e. The van der Waals surface area contributed by atoms with Gasteiger partial charge in [0, 0.05) is 24.6 Å². The van der Waals surface area contributed by atoms with Crippen molar-refractivity contribution >= 4 is 23.6 Å². The normalized spacial score (nSPS) is 16.1. The monoisotopic (exact) mass is 226 g/mol. The highest BCUT2D eigenvalue weighted by atomic mass is 35.5. The van der Waals surface area contributed by atoms with E-state index in [0.29, 0.717) is 11.1 Å². The van der Waals surface area contributed by atoms with Crippen molar-refractivity contribution in [3.63, 3.8) is 0 Å². The molecule has 1 saturated carbocycles. The summed E-state index contributed by atoms with van der Waals surface area (Å²) in [4.78, 5) is 10.4. The standard InChI is InChI=1S/C10H11ClN2O2/c1-13-10(11)7(4-5-8(14)15)9(12-13)6-2-3-6/h4-6H,2-3H2,1H3,(H,14,15)/b5-4+. The highest BCUT2D eigenvalue weighted by Crippen LogP contribution is 2.42. The van der Waals surface area contributed by atoms with Crippen LogP contribution in [0.4, 0.5) is 0 Å². The Kier molecular flexibility index (Phi) is 2.52. The quantitative estimate of drug-likeness (QED) is 0.803. The largest absolute Gasteiger partial charge is 0.478 e. The number of hydrogen-bond acceptors (Lipinski definition) is 2. The average Bonchev–Trinajstić information content (AvgIpc) is 2.94. The Hall–Kier alpha value is -1.29. The number of aliphatic carboxylic acids is 1. The molecule has 1 heterocycles. The molecule has 1 fully saturated rings. The van der Waals surface area contributed by atoms with Gasteiger partial charge in [-0.1, -0.05) is 11.6 Å². The number of carbonyl (C=O) groups is 1. The van der Waals surface area contributed by atoms with Gasteiger partial charge in [0.15, 0.2) is 0 Å². The van der Waals surface area contributed by atoms with E-state index < -0.39 is 5.97 Å². The van der Waals surface area contributed by atoms with Crippen molar-refractivity contribution in [1.29, 1.82) is 0 Å². The summed E-state index contributed by atoms with van der Waals surface area (Å²) in [5.41, 5.74) is 1.66. The van der Waals surface area contributed by atoms with Crippen molar-refractivity contribution in [1.82, 2.24) is 9.78 Å². The molecule has 1 aromatic rings. The molecule has 0 radical (unpaired) electrons. The van der Waals surface area contributed by atoms with Gasteiger partial charge in [0.1, 0.15) is 5.15 Å². The van der Waals surface area contributed by atoms with Crippen LogP contribution < -0.4 is 0 Å². The van der Waals surface area contributed by atoms with Crippen LogP contribution in [-0.2, 0) is 11.8 Å². The molecule has 4 nitrogen and oxygen atoms in total. The summed E-state index contributed by atoms with van der Waals surface area (Å²) in [6.45, 7) is 0. The second-order valence-corrected chi connectivity index (χ2v) is 4.02. The van der Waals surface area contributed by atoms with Crippen molar-refractivity contribution in [2.24, 2.45) is 7.05 Å². The van der Waals surface area contributed by atoms with Crippen LogP contribution in [0.15, 0.2) is 6.08 Å². The molecule has 0 unspecified atom stereocenters. The van der Waals surface area contributed by atoms with E-state index in [1.54, 1.807) is 11.7 Å². The van der Waals surface area contributed by atoms with Crippen molar-refractivity contribution < 1.29 is 9.90 Å². The van der Waals surface area contributed by atoms with Gasteiger partial charge in [-0.2, -0.15) is 5.10 Å². The van der Waals surface area contributed by atoms with Gasteiger partial charge in [0.05, 0.1) is 5.69 Å². The molecule has 0 amide bonds. The zero-order valence-corrected chi connectivity index (χ0v) is 9.03. The van der Waals surface area contributed by atoms with Gasteiger partial charge in [-0.25, -0.2) is 4.79 Å². The van der Waals surface area contributed by atoms with E-state index in [4.69, 9.17) is 16.7 Å². The van der Waals surface area contributed by atoms with Crippen molar-refractivity contribution in [2.75, 3.05) is 0 Å². The predicted molar refractivity (Wildman–Crippen MR) is 56.9 cm³/mol. The molecule has 0 spiro atoms. The molecular formula is C10H11ClN2O2. The van der Waals surface area contributed by atoms with Crippen molar-refractivity contribution in [2.45, 2.75) is 18.8 Å². The number of nitrogens with zero attached hydrogens (tertiary/aromatic N) is 2. The minimum absolute atomic E-state index is 0.456. The molecule has 0 atom stereocenters. The molecule has 0 aliphatic heterocycles. The molecule has 0 bridgehead atoms. The fourth-order valence-electron chi connectivity index (χ4n) is 1.51. The summed E-state index contributed by atoms with van der Waals surface area (Å²) in [7, 11) is 1.76. The highest BCUT2D eigenvalue weighted by Gasteiger charge is 2.30. The fourth-order valence-corrected chi connectivity index (χ4v) is 1.70. The second kappa shape index (κ2) is 3.70. The van der Waals surface area contributed by atoms with E-state index in [2.05, 4.69) is 5.10 Å². The Balaban J connectivity index is 2.38. The second-order valence-electron chi connectivity index (χ2n) is 3.66. The maximum atomic E-state index is 10.4. The molecule has 5 heteroatoms. The van der Waals surface area contributed by atoms with Crippen LogP contribution in [-0.4, -0.2) is 20.9 Å². The first-order chi connectivity index (χ1) is 7.09. The number of hydrogen-bond donors (Lipinski definition) is 1. The van der Waals surface area contributed by atoms with Crippen LogP contribution >= 0.6 is 11.6 Å². The highest BCUT2D eigenvalue weighted by molar-refractivity contribution is 6.31. The molecule has 80 valence electrons. The van der Waals surface area contributed by atoms with Crippen molar-refractivity contribution in [3.8, 4) is 0 Å². The molecule has 0 saturated heterocycles. The number of carboxylic acid groups (broad SMARTS) is 1. The number of carboxylic acids is 1. The fraction of sp³-hybridized carbons (Fsp3) is 0.400. The van der Waals surface area contributed by atoms with Crippen molar-refractivity contribution in [3.05, 3.63) is 22.5 Å². The lowest BCUT2D eigenvalue weighted by Crippen LogP contribution is -1.90. The Bertz CT molecular complexity index is 433. The molecule has 2 rings (SSSR count). The van der Waals surface area contributed by atoms with Gasteiger partial charge >= 0.3 is 5.97 Å². The van der Waals surface area contributed by atoms with E-state index in [9.17, 15) is 4.79 Å². The molecule has 1 aromatic heterocycles. The topological polar surface area (TPSA) is 55.1 Å². The van der Waals surface area contributed by atoms with Gasteiger partial charge in [-0.15, -0.1) is 0 Å². The van der Waals surface area contributed by atoms with E-state index in [-0.39, 0.29) is 0 Å². The van der Waals surface area contributed by atoms with Crippen LogP contribution in [0.1, 0.15) is 30.0 Å². The van der Waals surface area contributed by atoms with Crippen LogP contribution in [0.2, 0.25) is 5.15 Å². The third-order valence-corrected chi connectivity index (χ3v) is 2.84. The van der Waals surface area contributed by atoms with Gasteiger partial charge in [0.2, 0.25) is 0 Å². The average molecular weight is 227 g/mol. The lowest BCUT2D eigenvalue weighted by molar-refractivity contribution is -0.131. The number of aromatic nitrogens is 2. The number of halogens is 1. The Morgan fingerprint density at radius 1 is 1.67 bits per heavy atom. The lowest BCUT2D eigenvalue weighted by atomic mass is 10.1. The van der Waals surface area contributed by atoms with Gasteiger partial charge in [0.25, 0.3) is 0 Å². The Morgan fingerprint density at radius 3 is 2.87 bits per heavy atom. The Morgan fingerprint density at radius 2 is 2.33 bits per heavy atom. The first kappa shape index (κ1) is 10.2.